The summed E-state index contributed by atoms with van der Waals surface area (Å²) in [7, 11) is 0. The standard InChI is InChI=1S/C21H41N5O5/c1-6-13(4)17(26-18(27)15(23)11-12(2)3)20(29)25-16(9-7-8-10-22)19(28)24-14(5)21(30)31/h12-17H,6-11,22-23H2,1-5H3,(H,24,28)(H,25,29)(H,26,27)(H,30,31). The number of carbonyl (C=O) groups excluding carboxylic acids is 3. The van der Waals surface area contributed by atoms with E-state index >= 15 is 0 Å². The van der Waals surface area contributed by atoms with Crippen LogP contribution in [0.15, 0.2) is 0 Å². The monoisotopic (exact) mass is 443 g/mol. The van der Waals surface area contributed by atoms with E-state index in [4.69, 9.17) is 16.6 Å². The van der Waals surface area contributed by atoms with Gasteiger partial charge in [0, 0.05) is 0 Å². The molecule has 0 spiro atoms. The molecule has 10 heteroatoms. The molecule has 0 bridgehead atoms. The molecule has 0 aromatic heterocycles. The van der Waals surface area contributed by atoms with Crippen molar-refractivity contribution in [2.75, 3.05) is 6.54 Å². The van der Waals surface area contributed by atoms with Crippen LogP contribution in [-0.4, -0.2) is 59.5 Å². The zero-order valence-corrected chi connectivity index (χ0v) is 19.4. The van der Waals surface area contributed by atoms with E-state index in [-0.39, 0.29) is 11.8 Å². The molecule has 0 saturated carbocycles. The third-order valence-electron chi connectivity index (χ3n) is 5.16. The van der Waals surface area contributed by atoms with Crippen molar-refractivity contribution in [3.05, 3.63) is 0 Å². The van der Waals surface area contributed by atoms with Crippen molar-refractivity contribution >= 4 is 23.7 Å². The minimum atomic E-state index is -1.18. The van der Waals surface area contributed by atoms with Gasteiger partial charge in [-0.3, -0.25) is 19.2 Å². The summed E-state index contributed by atoms with van der Waals surface area (Å²) in [4.78, 5) is 49.1. The Bertz CT molecular complexity index is 599. The molecule has 0 aliphatic rings. The molecule has 180 valence electrons. The van der Waals surface area contributed by atoms with Crippen LogP contribution in [0, 0.1) is 11.8 Å². The second kappa shape index (κ2) is 14.7. The average molecular weight is 444 g/mol. The molecule has 3 amide bonds. The van der Waals surface area contributed by atoms with E-state index in [1.807, 2.05) is 27.7 Å². The van der Waals surface area contributed by atoms with Crippen LogP contribution >= 0.6 is 0 Å². The number of carboxylic acid groups (broad SMARTS) is 1. The van der Waals surface area contributed by atoms with Gasteiger partial charge in [0.05, 0.1) is 6.04 Å². The van der Waals surface area contributed by atoms with Gasteiger partial charge in [-0.2, -0.15) is 0 Å². The molecule has 31 heavy (non-hydrogen) atoms. The van der Waals surface area contributed by atoms with Crippen molar-refractivity contribution in [3.8, 4) is 0 Å². The highest BCUT2D eigenvalue weighted by atomic mass is 16.4. The van der Waals surface area contributed by atoms with Gasteiger partial charge in [-0.1, -0.05) is 34.1 Å². The first-order chi connectivity index (χ1) is 14.4. The van der Waals surface area contributed by atoms with E-state index in [0.29, 0.717) is 38.6 Å². The van der Waals surface area contributed by atoms with Crippen LogP contribution in [0.4, 0.5) is 0 Å². The number of aliphatic carboxylic acids is 1. The summed E-state index contributed by atoms with van der Waals surface area (Å²) in [5.41, 5.74) is 11.5. The molecule has 0 fully saturated rings. The summed E-state index contributed by atoms with van der Waals surface area (Å²) < 4.78 is 0. The maximum Gasteiger partial charge on any atom is 0.325 e. The van der Waals surface area contributed by atoms with Gasteiger partial charge >= 0.3 is 5.97 Å². The van der Waals surface area contributed by atoms with Gasteiger partial charge < -0.3 is 32.5 Å². The molecule has 5 unspecified atom stereocenters. The van der Waals surface area contributed by atoms with Gasteiger partial charge in [-0.05, 0) is 51.0 Å². The zero-order valence-electron chi connectivity index (χ0n) is 19.4. The Morgan fingerprint density at radius 2 is 1.52 bits per heavy atom. The Morgan fingerprint density at radius 1 is 0.903 bits per heavy atom. The molecule has 0 saturated heterocycles. The van der Waals surface area contributed by atoms with Crippen molar-refractivity contribution < 1.29 is 24.3 Å². The number of nitrogens with one attached hydrogen (secondary N) is 3. The molecule has 0 aromatic rings. The number of carbonyl (C=O) groups is 4. The van der Waals surface area contributed by atoms with Crippen molar-refractivity contribution in [3.63, 3.8) is 0 Å². The maximum absolute atomic E-state index is 13.0. The largest absolute Gasteiger partial charge is 0.480 e. The minimum Gasteiger partial charge on any atom is -0.480 e. The van der Waals surface area contributed by atoms with Crippen LogP contribution in [0.5, 0.6) is 0 Å². The van der Waals surface area contributed by atoms with Crippen LogP contribution < -0.4 is 27.4 Å². The second-order valence-electron chi connectivity index (χ2n) is 8.52. The number of hydrogen-bond acceptors (Lipinski definition) is 6. The van der Waals surface area contributed by atoms with E-state index in [9.17, 15) is 19.2 Å². The first kappa shape index (κ1) is 28.8. The highest BCUT2D eigenvalue weighted by Gasteiger charge is 2.31. The maximum atomic E-state index is 13.0. The molecular formula is C21H41N5O5. The number of carboxylic acids is 1. The molecule has 0 aromatic carbocycles. The summed E-state index contributed by atoms with van der Waals surface area (Å²) in [6.07, 6.45) is 2.64. The van der Waals surface area contributed by atoms with Crippen LogP contribution in [-0.2, 0) is 19.2 Å². The number of nitrogens with two attached hydrogens (primary N) is 2. The number of unbranched alkanes of at least 4 members (excludes halogenated alkanes) is 1. The molecule has 0 aliphatic carbocycles. The van der Waals surface area contributed by atoms with Crippen LogP contribution in [0.2, 0.25) is 0 Å². The summed E-state index contributed by atoms with van der Waals surface area (Å²) in [5.74, 6) is -2.66. The average Bonchev–Trinajstić information content (AvgIpc) is 2.69. The van der Waals surface area contributed by atoms with Crippen LogP contribution in [0.1, 0.15) is 66.7 Å². The van der Waals surface area contributed by atoms with Crippen molar-refractivity contribution in [2.45, 2.75) is 90.9 Å². The van der Waals surface area contributed by atoms with Crippen molar-refractivity contribution in [1.29, 1.82) is 0 Å². The van der Waals surface area contributed by atoms with Gasteiger partial charge in [0.2, 0.25) is 17.7 Å². The molecule has 10 nitrogen and oxygen atoms in total. The van der Waals surface area contributed by atoms with Gasteiger partial charge in [0.25, 0.3) is 0 Å². The molecule has 5 atom stereocenters. The van der Waals surface area contributed by atoms with Gasteiger partial charge in [0.15, 0.2) is 0 Å². The summed E-state index contributed by atoms with van der Waals surface area (Å²) in [6.45, 7) is 9.41. The lowest BCUT2D eigenvalue weighted by Crippen LogP contribution is -2.58. The van der Waals surface area contributed by atoms with E-state index in [2.05, 4.69) is 16.0 Å². The molecule has 8 N–H and O–H groups in total. The normalized spacial score (nSPS) is 16.0. The highest BCUT2D eigenvalue weighted by molar-refractivity contribution is 5.94. The van der Waals surface area contributed by atoms with Gasteiger partial charge in [0.1, 0.15) is 18.1 Å². The highest BCUT2D eigenvalue weighted by Crippen LogP contribution is 2.11. The van der Waals surface area contributed by atoms with Gasteiger partial charge in [-0.25, -0.2) is 0 Å². The van der Waals surface area contributed by atoms with E-state index < -0.39 is 47.9 Å². The Labute approximate surface area is 185 Å². The Balaban J connectivity index is 5.38. The lowest BCUT2D eigenvalue weighted by atomic mass is 9.96. The summed E-state index contributed by atoms with van der Waals surface area (Å²) in [5, 5.41) is 16.8. The number of hydrogen-bond donors (Lipinski definition) is 6. The molecular weight excluding hydrogens is 402 g/mol. The first-order valence-corrected chi connectivity index (χ1v) is 11.0. The fraction of sp³-hybridized carbons (Fsp3) is 0.810. The van der Waals surface area contributed by atoms with Crippen molar-refractivity contribution in [2.24, 2.45) is 23.3 Å². The summed E-state index contributed by atoms with van der Waals surface area (Å²) in [6, 6.07) is -3.63. The number of rotatable bonds is 15. The molecule has 0 aliphatic heterocycles. The second-order valence-corrected chi connectivity index (χ2v) is 8.52. The molecule has 0 radical (unpaired) electrons. The molecule has 0 heterocycles. The quantitative estimate of drug-likeness (QED) is 0.194. The van der Waals surface area contributed by atoms with Gasteiger partial charge in [-0.15, -0.1) is 0 Å². The zero-order chi connectivity index (χ0) is 24.1. The van der Waals surface area contributed by atoms with Crippen LogP contribution in [0.3, 0.4) is 0 Å². The first-order valence-electron chi connectivity index (χ1n) is 11.0. The minimum absolute atomic E-state index is 0.194. The predicted molar refractivity (Wildman–Crippen MR) is 119 cm³/mol. The lowest BCUT2D eigenvalue weighted by Gasteiger charge is -2.28. The third-order valence-corrected chi connectivity index (χ3v) is 5.16. The molecule has 0 rings (SSSR count). The van der Waals surface area contributed by atoms with Crippen LogP contribution in [0.25, 0.3) is 0 Å². The Hall–Kier alpha value is -2.20. The van der Waals surface area contributed by atoms with E-state index in [1.54, 1.807) is 0 Å². The lowest BCUT2D eigenvalue weighted by molar-refractivity contribution is -0.142. The topological polar surface area (TPSA) is 177 Å². The van der Waals surface area contributed by atoms with Crippen molar-refractivity contribution in [1.82, 2.24) is 16.0 Å². The predicted octanol–water partition coefficient (Wildman–Crippen LogP) is 0.0938. The Kier molecular flexibility index (Phi) is 13.7. The Morgan fingerprint density at radius 3 is 2.00 bits per heavy atom. The number of amides is 3. The summed E-state index contributed by atoms with van der Waals surface area (Å²) >= 11 is 0. The fourth-order valence-corrected chi connectivity index (χ4v) is 2.98. The van der Waals surface area contributed by atoms with E-state index in [0.717, 1.165) is 0 Å². The smallest absolute Gasteiger partial charge is 0.325 e. The third kappa shape index (κ3) is 11.1. The van der Waals surface area contributed by atoms with E-state index in [1.165, 1.54) is 6.92 Å². The SMILES string of the molecule is CCC(C)C(NC(=O)C(N)CC(C)C)C(=O)NC(CCCCN)C(=O)NC(C)C(=O)O. The fourth-order valence-electron chi connectivity index (χ4n) is 2.98.